The van der Waals surface area contributed by atoms with E-state index in [1.807, 2.05) is 48.5 Å². The minimum absolute atomic E-state index is 0.155. The molecule has 0 saturated carbocycles. The number of nitrogens with zero attached hydrogens (tertiary/aromatic N) is 1. The molecule has 1 N–H and O–H groups in total. The van der Waals surface area contributed by atoms with Crippen molar-refractivity contribution in [2.75, 3.05) is 23.3 Å². The standard InChI is InChI=1S/C23H24N2O2/c1-17(27-22-13-8-18-6-2-3-7-19(18)16-22)23(26)24-20-9-11-21(12-10-20)25-14-4-5-15-25/h2-3,6-13,16-17H,4-5,14-15H2,1H3,(H,24,26)/t17-/m0/s1. The lowest BCUT2D eigenvalue weighted by Gasteiger charge is -2.18. The number of fused-ring (bicyclic) bond motifs is 1. The molecule has 1 heterocycles. The van der Waals surface area contributed by atoms with E-state index in [0.29, 0.717) is 5.75 Å². The van der Waals surface area contributed by atoms with Crippen molar-refractivity contribution < 1.29 is 9.53 Å². The maximum Gasteiger partial charge on any atom is 0.265 e. The Balaban J connectivity index is 1.38. The van der Waals surface area contributed by atoms with E-state index >= 15 is 0 Å². The molecule has 0 radical (unpaired) electrons. The molecule has 1 atom stereocenters. The first-order valence-electron chi connectivity index (χ1n) is 9.50. The van der Waals surface area contributed by atoms with Crippen LogP contribution in [0, 0.1) is 0 Å². The highest BCUT2D eigenvalue weighted by Crippen LogP contribution is 2.23. The average molecular weight is 360 g/mol. The van der Waals surface area contributed by atoms with Crippen LogP contribution in [0.1, 0.15) is 19.8 Å². The van der Waals surface area contributed by atoms with Gasteiger partial charge in [0.2, 0.25) is 0 Å². The van der Waals surface area contributed by atoms with Crippen LogP contribution in [-0.4, -0.2) is 25.1 Å². The summed E-state index contributed by atoms with van der Waals surface area (Å²) in [5, 5.41) is 5.18. The van der Waals surface area contributed by atoms with E-state index in [9.17, 15) is 4.79 Å². The molecule has 4 heteroatoms. The van der Waals surface area contributed by atoms with Crippen molar-refractivity contribution in [2.24, 2.45) is 0 Å². The van der Waals surface area contributed by atoms with Crippen LogP contribution < -0.4 is 15.0 Å². The van der Waals surface area contributed by atoms with Gasteiger partial charge in [-0.25, -0.2) is 0 Å². The van der Waals surface area contributed by atoms with Crippen LogP contribution in [0.4, 0.5) is 11.4 Å². The minimum atomic E-state index is -0.579. The number of nitrogens with one attached hydrogen (secondary N) is 1. The first kappa shape index (κ1) is 17.4. The predicted octanol–water partition coefficient (Wildman–Crippen LogP) is 4.85. The molecule has 0 bridgehead atoms. The molecule has 1 fully saturated rings. The van der Waals surface area contributed by atoms with Crippen molar-refractivity contribution in [3.63, 3.8) is 0 Å². The van der Waals surface area contributed by atoms with Crippen LogP contribution >= 0.6 is 0 Å². The maximum atomic E-state index is 12.5. The molecular formula is C23H24N2O2. The normalized spacial score (nSPS) is 14.9. The van der Waals surface area contributed by atoms with E-state index in [-0.39, 0.29) is 5.91 Å². The van der Waals surface area contributed by atoms with Crippen molar-refractivity contribution in [1.82, 2.24) is 0 Å². The maximum absolute atomic E-state index is 12.5. The van der Waals surface area contributed by atoms with Crippen LogP contribution in [0.25, 0.3) is 10.8 Å². The average Bonchev–Trinajstić information content (AvgIpc) is 3.23. The number of amides is 1. The highest BCUT2D eigenvalue weighted by molar-refractivity contribution is 5.94. The van der Waals surface area contributed by atoms with Crippen molar-refractivity contribution >= 4 is 28.1 Å². The van der Waals surface area contributed by atoms with Gasteiger partial charge in [0.05, 0.1) is 0 Å². The van der Waals surface area contributed by atoms with E-state index in [4.69, 9.17) is 4.74 Å². The van der Waals surface area contributed by atoms with E-state index in [1.165, 1.54) is 18.5 Å². The largest absolute Gasteiger partial charge is 0.481 e. The van der Waals surface area contributed by atoms with Gasteiger partial charge in [-0.3, -0.25) is 4.79 Å². The summed E-state index contributed by atoms with van der Waals surface area (Å²) in [4.78, 5) is 14.8. The first-order valence-corrected chi connectivity index (χ1v) is 9.50. The molecule has 1 saturated heterocycles. The third kappa shape index (κ3) is 4.05. The van der Waals surface area contributed by atoms with Gasteiger partial charge in [-0.15, -0.1) is 0 Å². The third-order valence-electron chi connectivity index (χ3n) is 5.01. The molecule has 3 aromatic carbocycles. The second-order valence-electron chi connectivity index (χ2n) is 7.00. The molecule has 0 aliphatic carbocycles. The Morgan fingerprint density at radius 2 is 1.67 bits per heavy atom. The monoisotopic (exact) mass is 360 g/mol. The summed E-state index contributed by atoms with van der Waals surface area (Å²) < 4.78 is 5.84. The summed E-state index contributed by atoms with van der Waals surface area (Å²) in [5.41, 5.74) is 2.00. The zero-order valence-electron chi connectivity index (χ0n) is 15.5. The molecule has 138 valence electrons. The van der Waals surface area contributed by atoms with Crippen molar-refractivity contribution in [3.05, 3.63) is 66.7 Å². The van der Waals surface area contributed by atoms with Crippen LogP contribution in [0.15, 0.2) is 66.7 Å². The van der Waals surface area contributed by atoms with Gasteiger partial charge >= 0.3 is 0 Å². The highest BCUT2D eigenvalue weighted by Gasteiger charge is 2.16. The van der Waals surface area contributed by atoms with E-state index in [1.54, 1.807) is 6.92 Å². The van der Waals surface area contributed by atoms with Gasteiger partial charge in [0.1, 0.15) is 5.75 Å². The Hall–Kier alpha value is -3.01. The van der Waals surface area contributed by atoms with Crippen molar-refractivity contribution in [3.8, 4) is 5.75 Å². The molecule has 4 nitrogen and oxygen atoms in total. The lowest BCUT2D eigenvalue weighted by atomic mass is 10.1. The van der Waals surface area contributed by atoms with Gasteiger partial charge in [0.15, 0.2) is 6.10 Å². The second-order valence-corrected chi connectivity index (χ2v) is 7.00. The number of carbonyl (C=O) groups is 1. The SMILES string of the molecule is C[C@H](Oc1ccc2ccccc2c1)C(=O)Nc1ccc(N2CCCC2)cc1. The number of hydrogen-bond acceptors (Lipinski definition) is 3. The summed E-state index contributed by atoms with van der Waals surface area (Å²) in [7, 11) is 0. The van der Waals surface area contributed by atoms with Gasteiger partial charge in [0, 0.05) is 24.5 Å². The topological polar surface area (TPSA) is 41.6 Å². The van der Waals surface area contributed by atoms with Crippen LogP contribution in [0.2, 0.25) is 0 Å². The molecule has 1 amide bonds. The molecule has 3 aromatic rings. The molecule has 0 aromatic heterocycles. The zero-order chi connectivity index (χ0) is 18.6. The fourth-order valence-electron chi connectivity index (χ4n) is 3.47. The zero-order valence-corrected chi connectivity index (χ0v) is 15.5. The smallest absolute Gasteiger partial charge is 0.265 e. The van der Waals surface area contributed by atoms with Crippen molar-refractivity contribution in [2.45, 2.75) is 25.9 Å². The van der Waals surface area contributed by atoms with Gasteiger partial charge in [-0.2, -0.15) is 0 Å². The van der Waals surface area contributed by atoms with Gasteiger partial charge in [-0.1, -0.05) is 30.3 Å². The summed E-state index contributed by atoms with van der Waals surface area (Å²) in [5.74, 6) is 0.540. The van der Waals surface area contributed by atoms with Gasteiger partial charge < -0.3 is 15.0 Å². The number of benzene rings is 3. The molecule has 0 spiro atoms. The number of hydrogen-bond donors (Lipinski definition) is 1. The fraction of sp³-hybridized carbons (Fsp3) is 0.261. The van der Waals surface area contributed by atoms with Gasteiger partial charge in [0.25, 0.3) is 5.91 Å². The summed E-state index contributed by atoms with van der Waals surface area (Å²) in [6.45, 7) is 3.99. The number of anilines is 2. The molecule has 1 aliphatic heterocycles. The lowest BCUT2D eigenvalue weighted by Crippen LogP contribution is -2.30. The predicted molar refractivity (Wildman–Crippen MR) is 111 cm³/mol. The van der Waals surface area contributed by atoms with Crippen molar-refractivity contribution in [1.29, 1.82) is 0 Å². The Morgan fingerprint density at radius 1 is 0.963 bits per heavy atom. The van der Waals surface area contributed by atoms with Crippen LogP contribution in [0.5, 0.6) is 5.75 Å². The van der Waals surface area contributed by atoms with Crippen LogP contribution in [-0.2, 0) is 4.79 Å². The Morgan fingerprint density at radius 3 is 2.41 bits per heavy atom. The Bertz CT molecular complexity index is 931. The van der Waals surface area contributed by atoms with Gasteiger partial charge in [-0.05, 0) is 66.9 Å². The summed E-state index contributed by atoms with van der Waals surface area (Å²) in [6.07, 6.45) is 1.92. The summed E-state index contributed by atoms with van der Waals surface area (Å²) >= 11 is 0. The quantitative estimate of drug-likeness (QED) is 0.707. The van der Waals surface area contributed by atoms with Crippen LogP contribution in [0.3, 0.4) is 0 Å². The third-order valence-corrected chi connectivity index (χ3v) is 5.01. The molecule has 27 heavy (non-hydrogen) atoms. The fourth-order valence-corrected chi connectivity index (χ4v) is 3.47. The highest BCUT2D eigenvalue weighted by atomic mass is 16.5. The Labute approximate surface area is 159 Å². The molecular weight excluding hydrogens is 336 g/mol. The van der Waals surface area contributed by atoms with E-state index in [0.717, 1.165) is 29.5 Å². The molecule has 0 unspecified atom stereocenters. The van der Waals surface area contributed by atoms with E-state index in [2.05, 4.69) is 28.4 Å². The number of ether oxygens (including phenoxy) is 1. The summed E-state index contributed by atoms with van der Waals surface area (Å²) in [6, 6.07) is 22.0. The number of rotatable bonds is 5. The molecule has 4 rings (SSSR count). The second kappa shape index (κ2) is 7.70. The minimum Gasteiger partial charge on any atom is -0.481 e. The first-order chi connectivity index (χ1) is 13.2. The lowest BCUT2D eigenvalue weighted by molar-refractivity contribution is -0.122. The molecule has 1 aliphatic rings. The number of carbonyl (C=O) groups excluding carboxylic acids is 1. The van der Waals surface area contributed by atoms with E-state index < -0.39 is 6.10 Å². The Kier molecular flexibility index (Phi) is 4.97.